The van der Waals surface area contributed by atoms with Crippen LogP contribution in [0.5, 0.6) is 0 Å². The number of ether oxygens (including phenoxy) is 7. The van der Waals surface area contributed by atoms with Crippen LogP contribution >= 0.6 is 0 Å². The fourth-order valence-electron chi connectivity index (χ4n) is 3.56. The van der Waals surface area contributed by atoms with Crippen LogP contribution in [0, 0.1) is 11.8 Å². The topological polar surface area (TPSA) is 193 Å². The van der Waals surface area contributed by atoms with E-state index in [0.717, 1.165) is 42.1 Å². The number of primary amides is 1. The number of rotatable bonds is 9. The second-order valence-electron chi connectivity index (χ2n) is 6.89. The number of hydrogen-bond acceptors (Lipinski definition) is 13. The van der Waals surface area contributed by atoms with Crippen LogP contribution in [0.25, 0.3) is 0 Å². The molecular weight excluding hydrogens is 450 g/mol. The Hall–Kier alpha value is -3.26. The quantitative estimate of drug-likeness (QED) is 0.223. The van der Waals surface area contributed by atoms with E-state index in [4.69, 9.17) is 29.4 Å². The summed E-state index contributed by atoms with van der Waals surface area (Å²) in [6, 6.07) is 0. The van der Waals surface area contributed by atoms with Gasteiger partial charge >= 0.3 is 29.8 Å². The van der Waals surface area contributed by atoms with Crippen molar-refractivity contribution < 1.29 is 61.9 Å². The van der Waals surface area contributed by atoms with Crippen molar-refractivity contribution in [3.05, 3.63) is 0 Å². The summed E-state index contributed by atoms with van der Waals surface area (Å²) < 4.78 is 35.7. The van der Waals surface area contributed by atoms with Crippen LogP contribution in [0.2, 0.25) is 0 Å². The van der Waals surface area contributed by atoms with Crippen molar-refractivity contribution in [1.82, 2.24) is 0 Å². The minimum absolute atomic E-state index is 0.600. The molecule has 1 amide bonds. The number of carbonyl (C=O) groups is 6. The molecule has 186 valence electrons. The standard InChI is InChI=1S/C19H27NO13/c1-8(21)30-7-11-14(31-9(2)22)15(32-10(3)23)13(19(29-6,33-11)18(20)26)12(16(24)27-4)17(25)28-5/h11-15H,7H2,1-6H3,(H2,20,26)/t11-,13-,14+,15-,19+/m1/s1. The number of amides is 1. The van der Waals surface area contributed by atoms with Gasteiger partial charge in [-0.3, -0.25) is 28.8 Å². The van der Waals surface area contributed by atoms with Gasteiger partial charge in [0, 0.05) is 27.9 Å². The van der Waals surface area contributed by atoms with E-state index < -0.39 is 78.3 Å². The van der Waals surface area contributed by atoms with Gasteiger partial charge in [-0.15, -0.1) is 0 Å². The molecule has 0 aromatic rings. The Labute approximate surface area is 188 Å². The molecule has 1 aliphatic heterocycles. The van der Waals surface area contributed by atoms with Gasteiger partial charge in [0.2, 0.25) is 0 Å². The van der Waals surface area contributed by atoms with Crippen LogP contribution in [-0.4, -0.2) is 87.8 Å². The highest BCUT2D eigenvalue weighted by molar-refractivity contribution is 5.97. The number of carbonyl (C=O) groups excluding carboxylic acids is 6. The van der Waals surface area contributed by atoms with Crippen LogP contribution in [0.1, 0.15) is 20.8 Å². The molecule has 0 saturated carbocycles. The molecule has 1 aliphatic rings. The summed E-state index contributed by atoms with van der Waals surface area (Å²) in [4.78, 5) is 72.9. The van der Waals surface area contributed by atoms with E-state index in [9.17, 15) is 28.8 Å². The molecule has 33 heavy (non-hydrogen) atoms. The highest BCUT2D eigenvalue weighted by Crippen LogP contribution is 2.43. The first kappa shape index (κ1) is 27.8. The zero-order valence-electron chi connectivity index (χ0n) is 19.0. The summed E-state index contributed by atoms with van der Waals surface area (Å²) >= 11 is 0. The predicted octanol–water partition coefficient (Wildman–Crippen LogP) is -1.78. The number of nitrogens with two attached hydrogens (primary N) is 1. The minimum atomic E-state index is -2.62. The molecule has 1 saturated heterocycles. The third-order valence-electron chi connectivity index (χ3n) is 4.78. The maximum atomic E-state index is 12.6. The Morgan fingerprint density at radius 1 is 0.848 bits per heavy atom. The monoisotopic (exact) mass is 477 g/mol. The average Bonchev–Trinajstić information content (AvgIpc) is 2.73. The summed E-state index contributed by atoms with van der Waals surface area (Å²) in [6.07, 6.45) is -4.78. The second kappa shape index (κ2) is 11.6. The zero-order chi connectivity index (χ0) is 25.5. The highest BCUT2D eigenvalue weighted by Gasteiger charge is 2.67. The summed E-state index contributed by atoms with van der Waals surface area (Å²) in [5.41, 5.74) is 5.53. The van der Waals surface area contributed by atoms with Crippen molar-refractivity contribution in [3.8, 4) is 0 Å². The molecule has 2 N–H and O–H groups in total. The third-order valence-corrected chi connectivity index (χ3v) is 4.78. The van der Waals surface area contributed by atoms with Crippen LogP contribution < -0.4 is 5.73 Å². The first-order chi connectivity index (χ1) is 15.4. The molecule has 0 aliphatic carbocycles. The van der Waals surface area contributed by atoms with E-state index in [1.165, 1.54) is 0 Å². The molecule has 0 aromatic heterocycles. The summed E-state index contributed by atoms with van der Waals surface area (Å²) in [5.74, 6) is -12.8. The summed E-state index contributed by atoms with van der Waals surface area (Å²) in [7, 11) is 2.88. The molecule has 1 rings (SSSR count). The third kappa shape index (κ3) is 6.16. The molecule has 1 fully saturated rings. The number of hydrogen-bond donors (Lipinski definition) is 1. The summed E-state index contributed by atoms with van der Waals surface area (Å²) in [5, 5.41) is 0. The van der Waals surface area contributed by atoms with Crippen LogP contribution in [0.15, 0.2) is 0 Å². The minimum Gasteiger partial charge on any atom is -0.468 e. The molecule has 0 aromatic carbocycles. The van der Waals surface area contributed by atoms with Crippen LogP contribution in [-0.2, 0) is 61.9 Å². The maximum absolute atomic E-state index is 12.6. The molecule has 5 atom stereocenters. The SMILES string of the molecule is COC(=O)C(C(=O)OC)[C@@H]1[C@@H](OC(C)=O)[C@@H](OC(C)=O)[C@@H](COC(C)=O)O[C@]1(OC)C(N)=O. The van der Waals surface area contributed by atoms with Gasteiger partial charge in [-0.1, -0.05) is 0 Å². The number of methoxy groups -OCH3 is 3. The van der Waals surface area contributed by atoms with E-state index in [0.29, 0.717) is 0 Å². The Morgan fingerprint density at radius 2 is 1.33 bits per heavy atom. The van der Waals surface area contributed by atoms with Gasteiger partial charge in [-0.2, -0.15) is 0 Å². The van der Waals surface area contributed by atoms with Gasteiger partial charge in [-0.25, -0.2) is 0 Å². The zero-order valence-corrected chi connectivity index (χ0v) is 19.0. The van der Waals surface area contributed by atoms with E-state index in [1.54, 1.807) is 0 Å². The fraction of sp³-hybridized carbons (Fsp3) is 0.684. The molecule has 0 unspecified atom stereocenters. The molecule has 14 nitrogen and oxygen atoms in total. The van der Waals surface area contributed by atoms with Crippen molar-refractivity contribution in [2.75, 3.05) is 27.9 Å². The van der Waals surface area contributed by atoms with Crippen molar-refractivity contribution in [3.63, 3.8) is 0 Å². The van der Waals surface area contributed by atoms with E-state index in [2.05, 4.69) is 9.47 Å². The van der Waals surface area contributed by atoms with Crippen molar-refractivity contribution in [1.29, 1.82) is 0 Å². The average molecular weight is 477 g/mol. The largest absolute Gasteiger partial charge is 0.468 e. The van der Waals surface area contributed by atoms with E-state index >= 15 is 0 Å². The Balaban J connectivity index is 3.87. The van der Waals surface area contributed by atoms with Gasteiger partial charge in [0.1, 0.15) is 12.7 Å². The lowest BCUT2D eigenvalue weighted by atomic mass is 9.74. The maximum Gasteiger partial charge on any atom is 0.320 e. The first-order valence-electron chi connectivity index (χ1n) is 9.52. The van der Waals surface area contributed by atoms with Crippen molar-refractivity contribution in [2.45, 2.75) is 44.9 Å². The van der Waals surface area contributed by atoms with Gasteiger partial charge in [0.15, 0.2) is 18.1 Å². The first-order valence-corrected chi connectivity index (χ1v) is 9.52. The molecule has 1 heterocycles. The predicted molar refractivity (Wildman–Crippen MR) is 103 cm³/mol. The van der Waals surface area contributed by atoms with E-state index in [1.807, 2.05) is 0 Å². The Bertz CT molecular complexity index is 781. The van der Waals surface area contributed by atoms with E-state index in [-0.39, 0.29) is 0 Å². The smallest absolute Gasteiger partial charge is 0.320 e. The number of esters is 5. The lowest BCUT2D eigenvalue weighted by Gasteiger charge is -2.50. The van der Waals surface area contributed by atoms with Crippen LogP contribution in [0.4, 0.5) is 0 Å². The summed E-state index contributed by atoms with van der Waals surface area (Å²) in [6.45, 7) is 2.49. The molecular formula is C19H27NO13. The van der Waals surface area contributed by atoms with Gasteiger partial charge in [0.25, 0.3) is 11.7 Å². The highest BCUT2D eigenvalue weighted by atomic mass is 16.7. The molecule has 0 radical (unpaired) electrons. The lowest BCUT2D eigenvalue weighted by Crippen LogP contribution is -2.71. The van der Waals surface area contributed by atoms with Crippen molar-refractivity contribution >= 4 is 35.8 Å². The molecule has 0 spiro atoms. The molecule has 0 bridgehead atoms. The Kier molecular flexibility index (Phi) is 9.73. The molecule has 14 heteroatoms. The lowest BCUT2D eigenvalue weighted by molar-refractivity contribution is -0.333. The van der Waals surface area contributed by atoms with Gasteiger partial charge < -0.3 is 38.9 Å². The second-order valence-corrected chi connectivity index (χ2v) is 6.89. The Morgan fingerprint density at radius 3 is 1.70 bits per heavy atom. The van der Waals surface area contributed by atoms with Gasteiger partial charge in [-0.05, 0) is 0 Å². The van der Waals surface area contributed by atoms with Crippen molar-refractivity contribution in [2.24, 2.45) is 17.6 Å². The fourth-order valence-corrected chi connectivity index (χ4v) is 3.56. The van der Waals surface area contributed by atoms with Gasteiger partial charge in [0.05, 0.1) is 20.1 Å². The normalized spacial score (nSPS) is 26.6. The van der Waals surface area contributed by atoms with Crippen LogP contribution in [0.3, 0.4) is 0 Å².